The Bertz CT molecular complexity index is 635. The Labute approximate surface area is 119 Å². The molecule has 3 aromatic rings. The fourth-order valence-corrected chi connectivity index (χ4v) is 2.82. The van der Waals surface area contributed by atoms with E-state index in [1.807, 2.05) is 19.1 Å². The van der Waals surface area contributed by atoms with Gasteiger partial charge in [0.1, 0.15) is 11.2 Å². The van der Waals surface area contributed by atoms with Crippen LogP contribution < -0.4 is 5.73 Å². The molecule has 1 aromatic carbocycles. The number of hydrogen-bond acceptors (Lipinski definition) is 3. The first-order valence-electron chi connectivity index (χ1n) is 5.49. The first kappa shape index (κ1) is 13.5. The third kappa shape index (κ3) is 1.94. The van der Waals surface area contributed by atoms with Crippen molar-refractivity contribution in [3.05, 3.63) is 34.7 Å². The minimum absolute atomic E-state index is 0. The molecule has 0 aliphatic rings. The summed E-state index contributed by atoms with van der Waals surface area (Å²) in [5, 5.41) is 2.10. The molecule has 0 unspecified atom stereocenters. The summed E-state index contributed by atoms with van der Waals surface area (Å²) in [4.78, 5) is 0. The Morgan fingerprint density at radius 2 is 1.78 bits per heavy atom. The lowest BCUT2D eigenvalue weighted by molar-refractivity contribution is 0.604. The van der Waals surface area contributed by atoms with Gasteiger partial charge in [0.05, 0.1) is 17.0 Å². The second-order valence-corrected chi connectivity index (χ2v) is 5.09. The number of rotatable bonds is 2. The molecule has 0 fully saturated rings. The van der Waals surface area contributed by atoms with Gasteiger partial charge in [0.15, 0.2) is 0 Å². The van der Waals surface area contributed by atoms with Crippen molar-refractivity contribution < 1.29 is 8.83 Å². The molecule has 3 nitrogen and oxygen atoms in total. The first-order valence-corrected chi connectivity index (χ1v) is 6.28. The molecule has 0 saturated heterocycles. The summed E-state index contributed by atoms with van der Waals surface area (Å²) in [6.07, 6.45) is 4.16. The van der Waals surface area contributed by atoms with E-state index in [0.29, 0.717) is 0 Å². The molecule has 2 N–H and O–H groups in total. The number of nitrogens with two attached hydrogens (primary N) is 1. The third-order valence-corrected chi connectivity index (χ3v) is 3.68. The summed E-state index contributed by atoms with van der Waals surface area (Å²) in [6.45, 7) is 1.99. The van der Waals surface area contributed by atoms with Crippen LogP contribution in [0.4, 0.5) is 0 Å². The van der Waals surface area contributed by atoms with Crippen molar-refractivity contribution >= 4 is 50.3 Å². The third-order valence-electron chi connectivity index (χ3n) is 2.89. The smallest absolute Gasteiger partial charge is 0.149 e. The summed E-state index contributed by atoms with van der Waals surface area (Å²) >= 11 is 3.56. The highest BCUT2D eigenvalue weighted by Gasteiger charge is 2.17. The largest absolute Gasteiger partial charge is 0.464 e. The van der Waals surface area contributed by atoms with Crippen molar-refractivity contribution in [1.82, 2.24) is 0 Å². The van der Waals surface area contributed by atoms with Crippen LogP contribution in [0.2, 0.25) is 0 Å². The van der Waals surface area contributed by atoms with E-state index in [1.165, 1.54) is 0 Å². The van der Waals surface area contributed by atoms with Crippen LogP contribution in [0.3, 0.4) is 0 Å². The zero-order valence-corrected chi connectivity index (χ0v) is 12.2. The summed E-state index contributed by atoms with van der Waals surface area (Å²) in [7, 11) is 0. The lowest BCUT2D eigenvalue weighted by Crippen LogP contribution is -2.18. The van der Waals surface area contributed by atoms with Crippen LogP contribution in [-0.2, 0) is 6.42 Å². The molecular weight excluding hydrogens is 318 g/mol. The van der Waals surface area contributed by atoms with Gasteiger partial charge in [0.2, 0.25) is 0 Å². The summed E-state index contributed by atoms with van der Waals surface area (Å²) in [5.41, 5.74) is 8.76. The molecule has 1 atom stereocenters. The lowest BCUT2D eigenvalue weighted by atomic mass is 10.0. The molecule has 0 aliphatic carbocycles. The zero-order valence-electron chi connectivity index (χ0n) is 9.77. The molecule has 96 valence electrons. The van der Waals surface area contributed by atoms with Gasteiger partial charge in [0.25, 0.3) is 0 Å². The molecular formula is C13H13BrClNO2. The molecule has 0 radical (unpaired) electrons. The van der Waals surface area contributed by atoms with E-state index >= 15 is 0 Å². The molecule has 0 spiro atoms. The normalized spacial score (nSPS) is 12.8. The minimum atomic E-state index is 0. The Morgan fingerprint density at radius 3 is 2.44 bits per heavy atom. The molecule has 5 heteroatoms. The Hall–Kier alpha value is -0.970. The fraction of sp³-hybridized carbons (Fsp3) is 0.231. The standard InChI is InChI=1S/C13H12BrNO2.ClH/c1-7(15)6-10-8-2-4-17-13(8)11(14)9-3-5-16-12(9)10;/h2-5,7H,6,15H2,1H3;1H/t7-;/m0./s1. The number of fused-ring (bicyclic) bond motifs is 2. The molecule has 0 saturated carbocycles. The van der Waals surface area contributed by atoms with Gasteiger partial charge < -0.3 is 14.6 Å². The number of benzene rings is 1. The Morgan fingerprint density at radius 1 is 1.17 bits per heavy atom. The van der Waals surface area contributed by atoms with Gasteiger partial charge in [0, 0.05) is 22.4 Å². The van der Waals surface area contributed by atoms with Crippen LogP contribution in [0.15, 0.2) is 38.0 Å². The van der Waals surface area contributed by atoms with Gasteiger partial charge in [-0.2, -0.15) is 0 Å². The fourth-order valence-electron chi connectivity index (χ4n) is 2.20. The first-order chi connectivity index (χ1) is 8.18. The SMILES string of the molecule is C[C@H](N)Cc1c2ccoc2c(Br)c2ccoc12.Cl. The van der Waals surface area contributed by atoms with Crippen molar-refractivity contribution in [3.8, 4) is 0 Å². The maximum atomic E-state index is 5.90. The highest BCUT2D eigenvalue weighted by atomic mass is 79.9. The van der Waals surface area contributed by atoms with Gasteiger partial charge in [-0.1, -0.05) is 0 Å². The summed E-state index contributed by atoms with van der Waals surface area (Å²) < 4.78 is 12.0. The van der Waals surface area contributed by atoms with E-state index in [4.69, 9.17) is 14.6 Å². The van der Waals surface area contributed by atoms with Crippen molar-refractivity contribution in [2.75, 3.05) is 0 Å². The van der Waals surface area contributed by atoms with Crippen LogP contribution >= 0.6 is 28.3 Å². The van der Waals surface area contributed by atoms with E-state index in [9.17, 15) is 0 Å². The van der Waals surface area contributed by atoms with Gasteiger partial charge in [-0.15, -0.1) is 12.4 Å². The highest BCUT2D eigenvalue weighted by Crippen LogP contribution is 2.37. The zero-order chi connectivity index (χ0) is 12.0. The van der Waals surface area contributed by atoms with Gasteiger partial charge in [-0.3, -0.25) is 0 Å². The number of furan rings is 2. The maximum Gasteiger partial charge on any atom is 0.149 e. The average Bonchev–Trinajstić information content (AvgIpc) is 2.92. The Kier molecular flexibility index (Phi) is 3.71. The maximum absolute atomic E-state index is 5.90. The van der Waals surface area contributed by atoms with Crippen LogP contribution in [0, 0.1) is 0 Å². The summed E-state index contributed by atoms with van der Waals surface area (Å²) in [5.74, 6) is 0. The van der Waals surface area contributed by atoms with Gasteiger partial charge in [-0.05, 0) is 41.4 Å². The molecule has 0 amide bonds. The number of hydrogen-bond donors (Lipinski definition) is 1. The Balaban J connectivity index is 0.00000120. The van der Waals surface area contributed by atoms with E-state index < -0.39 is 0 Å². The van der Waals surface area contributed by atoms with E-state index in [2.05, 4.69) is 15.9 Å². The van der Waals surface area contributed by atoms with Crippen LogP contribution in [0.5, 0.6) is 0 Å². The van der Waals surface area contributed by atoms with Crippen molar-refractivity contribution in [2.24, 2.45) is 5.73 Å². The van der Waals surface area contributed by atoms with Gasteiger partial charge >= 0.3 is 0 Å². The van der Waals surface area contributed by atoms with E-state index in [0.717, 1.165) is 38.4 Å². The van der Waals surface area contributed by atoms with Crippen LogP contribution in [-0.4, -0.2) is 6.04 Å². The molecule has 2 aromatic heterocycles. The molecule has 3 rings (SSSR count). The molecule has 0 aliphatic heterocycles. The predicted octanol–water partition coefficient (Wildman–Crippen LogP) is 4.25. The van der Waals surface area contributed by atoms with E-state index in [-0.39, 0.29) is 18.4 Å². The van der Waals surface area contributed by atoms with E-state index in [1.54, 1.807) is 12.5 Å². The monoisotopic (exact) mass is 329 g/mol. The predicted molar refractivity (Wildman–Crippen MR) is 78.3 cm³/mol. The van der Waals surface area contributed by atoms with Crippen LogP contribution in [0.25, 0.3) is 21.9 Å². The lowest BCUT2D eigenvalue weighted by Gasteiger charge is -2.08. The van der Waals surface area contributed by atoms with Crippen molar-refractivity contribution in [3.63, 3.8) is 0 Å². The quantitative estimate of drug-likeness (QED) is 0.764. The van der Waals surface area contributed by atoms with Crippen molar-refractivity contribution in [1.29, 1.82) is 0 Å². The minimum Gasteiger partial charge on any atom is -0.464 e. The average molecular weight is 331 g/mol. The second-order valence-electron chi connectivity index (χ2n) is 4.30. The number of halogens is 2. The second kappa shape index (κ2) is 4.96. The van der Waals surface area contributed by atoms with Crippen molar-refractivity contribution in [2.45, 2.75) is 19.4 Å². The summed E-state index contributed by atoms with van der Waals surface area (Å²) in [6, 6.07) is 3.98. The topological polar surface area (TPSA) is 52.3 Å². The molecule has 0 bridgehead atoms. The molecule has 2 heterocycles. The molecule has 18 heavy (non-hydrogen) atoms. The van der Waals surface area contributed by atoms with Gasteiger partial charge in [-0.25, -0.2) is 0 Å². The highest BCUT2D eigenvalue weighted by molar-refractivity contribution is 9.10. The van der Waals surface area contributed by atoms with Crippen LogP contribution in [0.1, 0.15) is 12.5 Å².